The standard InChI is InChI=1S/C18H21NO4S2/c1-14-8-9-18(12-15(14)2)25(22,23)19(16-6-4-3-5-7-16)17-10-11-24(20,21)13-17/h3-9,12,17H,10-11,13H2,1-2H3/t17-/m0/s1. The summed E-state index contributed by atoms with van der Waals surface area (Å²) < 4.78 is 51.8. The highest BCUT2D eigenvalue weighted by atomic mass is 32.2. The minimum Gasteiger partial charge on any atom is -0.262 e. The van der Waals surface area contributed by atoms with Gasteiger partial charge in [0.2, 0.25) is 0 Å². The first-order valence-corrected chi connectivity index (χ1v) is 11.3. The van der Waals surface area contributed by atoms with E-state index in [2.05, 4.69) is 0 Å². The van der Waals surface area contributed by atoms with E-state index in [9.17, 15) is 16.8 Å². The smallest absolute Gasteiger partial charge is 0.262 e. The highest BCUT2D eigenvalue weighted by Gasteiger charge is 2.39. The Morgan fingerprint density at radius 3 is 2.24 bits per heavy atom. The molecule has 0 N–H and O–H groups in total. The summed E-state index contributed by atoms with van der Waals surface area (Å²) in [7, 11) is -7.07. The monoisotopic (exact) mass is 379 g/mol. The summed E-state index contributed by atoms with van der Waals surface area (Å²) in [6.07, 6.45) is 0.307. The van der Waals surface area contributed by atoms with Crippen LogP contribution in [-0.4, -0.2) is 34.4 Å². The van der Waals surface area contributed by atoms with Crippen LogP contribution in [0.4, 0.5) is 5.69 Å². The van der Waals surface area contributed by atoms with Gasteiger partial charge in [0.15, 0.2) is 9.84 Å². The largest absolute Gasteiger partial charge is 0.264 e. The number of anilines is 1. The highest BCUT2D eigenvalue weighted by molar-refractivity contribution is 7.93. The molecule has 1 atom stereocenters. The van der Waals surface area contributed by atoms with E-state index in [0.29, 0.717) is 12.1 Å². The molecule has 1 saturated heterocycles. The zero-order valence-corrected chi connectivity index (χ0v) is 15.8. The number of rotatable bonds is 4. The molecular weight excluding hydrogens is 358 g/mol. The van der Waals surface area contributed by atoms with Gasteiger partial charge in [-0.15, -0.1) is 0 Å². The lowest BCUT2D eigenvalue weighted by molar-refractivity contribution is 0.580. The average molecular weight is 380 g/mol. The first-order chi connectivity index (χ1) is 11.7. The molecule has 134 valence electrons. The van der Waals surface area contributed by atoms with Crippen LogP contribution in [0.5, 0.6) is 0 Å². The number of hydrogen-bond acceptors (Lipinski definition) is 4. The molecule has 1 fully saturated rings. The number of para-hydroxylation sites is 1. The van der Waals surface area contributed by atoms with Crippen molar-refractivity contribution in [1.29, 1.82) is 0 Å². The van der Waals surface area contributed by atoms with Crippen LogP contribution in [0.1, 0.15) is 17.5 Å². The number of benzene rings is 2. The predicted octanol–water partition coefficient (Wildman–Crippen LogP) is 2.69. The summed E-state index contributed by atoms with van der Waals surface area (Å²) in [5, 5.41) is 0. The second-order valence-corrected chi connectivity index (χ2v) is 10.5. The fourth-order valence-electron chi connectivity index (χ4n) is 3.07. The molecule has 7 heteroatoms. The summed E-state index contributed by atoms with van der Waals surface area (Å²) in [5.74, 6) is -0.130. The van der Waals surface area contributed by atoms with E-state index in [-0.39, 0.29) is 16.4 Å². The molecule has 0 bridgehead atoms. The maximum atomic E-state index is 13.3. The SMILES string of the molecule is Cc1ccc(S(=O)(=O)N(c2ccccc2)[C@H]2CCS(=O)(=O)C2)cc1C. The number of aryl methyl sites for hydroxylation is 2. The Balaban J connectivity index is 2.12. The van der Waals surface area contributed by atoms with E-state index >= 15 is 0 Å². The average Bonchev–Trinajstić information content (AvgIpc) is 2.90. The molecular formula is C18H21NO4S2. The molecule has 3 rings (SSSR count). The van der Waals surface area contributed by atoms with Gasteiger partial charge in [0.1, 0.15) is 0 Å². The van der Waals surface area contributed by atoms with Crippen LogP contribution in [0.15, 0.2) is 53.4 Å². The van der Waals surface area contributed by atoms with Crippen molar-refractivity contribution in [2.75, 3.05) is 15.8 Å². The Hall–Kier alpha value is -1.86. The minimum absolute atomic E-state index is 0.0173. The van der Waals surface area contributed by atoms with Crippen LogP contribution in [-0.2, 0) is 19.9 Å². The Bertz CT molecular complexity index is 983. The summed E-state index contributed by atoms with van der Waals surface area (Å²) in [6.45, 7) is 3.78. The molecule has 0 aliphatic carbocycles. The number of hydrogen-bond donors (Lipinski definition) is 0. The third kappa shape index (κ3) is 3.57. The molecule has 2 aromatic rings. The summed E-state index contributed by atoms with van der Waals surface area (Å²) in [6, 6.07) is 13.1. The Labute approximate surface area is 149 Å². The van der Waals surface area contributed by atoms with Crippen LogP contribution < -0.4 is 4.31 Å². The van der Waals surface area contributed by atoms with Gasteiger partial charge in [-0.3, -0.25) is 4.31 Å². The van der Waals surface area contributed by atoms with Gasteiger partial charge in [-0.05, 0) is 55.7 Å². The van der Waals surface area contributed by atoms with Crippen molar-refractivity contribution in [1.82, 2.24) is 0 Å². The molecule has 0 spiro atoms. The van der Waals surface area contributed by atoms with E-state index in [1.807, 2.05) is 13.8 Å². The molecule has 5 nitrogen and oxygen atoms in total. The van der Waals surface area contributed by atoms with E-state index in [1.54, 1.807) is 48.5 Å². The third-order valence-corrected chi connectivity index (χ3v) is 8.21. The van der Waals surface area contributed by atoms with Crippen molar-refractivity contribution in [2.24, 2.45) is 0 Å². The molecule has 2 aromatic carbocycles. The molecule has 1 aliphatic rings. The lowest BCUT2D eigenvalue weighted by Gasteiger charge is -2.29. The fourth-order valence-corrected chi connectivity index (χ4v) is 6.63. The van der Waals surface area contributed by atoms with Crippen LogP contribution in [0.25, 0.3) is 0 Å². The van der Waals surface area contributed by atoms with E-state index in [4.69, 9.17) is 0 Å². The van der Waals surface area contributed by atoms with Gasteiger partial charge in [0, 0.05) is 0 Å². The zero-order valence-electron chi connectivity index (χ0n) is 14.2. The maximum absolute atomic E-state index is 13.3. The number of nitrogens with zero attached hydrogens (tertiary/aromatic N) is 1. The molecule has 0 saturated carbocycles. The Morgan fingerprint density at radius 1 is 1.00 bits per heavy atom. The van der Waals surface area contributed by atoms with Crippen LogP contribution in [0.2, 0.25) is 0 Å². The number of sulfonamides is 1. The molecule has 0 aromatic heterocycles. The predicted molar refractivity (Wildman–Crippen MR) is 99.1 cm³/mol. The first-order valence-electron chi connectivity index (χ1n) is 8.08. The molecule has 1 aliphatic heterocycles. The quantitative estimate of drug-likeness (QED) is 0.819. The van der Waals surface area contributed by atoms with E-state index < -0.39 is 25.9 Å². The van der Waals surface area contributed by atoms with Gasteiger partial charge in [-0.1, -0.05) is 24.3 Å². The lowest BCUT2D eigenvalue weighted by atomic mass is 10.1. The Morgan fingerprint density at radius 2 is 1.68 bits per heavy atom. The second kappa shape index (κ2) is 6.46. The number of sulfone groups is 1. The third-order valence-electron chi connectivity index (χ3n) is 4.59. The summed E-state index contributed by atoms with van der Waals surface area (Å²) in [4.78, 5) is 0.184. The van der Waals surface area contributed by atoms with Crippen molar-refractivity contribution in [3.05, 3.63) is 59.7 Å². The maximum Gasteiger partial charge on any atom is 0.264 e. The summed E-state index contributed by atoms with van der Waals surface area (Å²) in [5.41, 5.74) is 2.38. The van der Waals surface area contributed by atoms with E-state index in [1.165, 1.54) is 4.31 Å². The van der Waals surface area contributed by atoms with Crippen molar-refractivity contribution in [2.45, 2.75) is 31.2 Å². The molecule has 1 heterocycles. The van der Waals surface area contributed by atoms with Gasteiger partial charge in [0.25, 0.3) is 10.0 Å². The topological polar surface area (TPSA) is 71.5 Å². The van der Waals surface area contributed by atoms with Crippen molar-refractivity contribution in [3.63, 3.8) is 0 Å². The van der Waals surface area contributed by atoms with Gasteiger partial charge in [-0.25, -0.2) is 16.8 Å². The minimum atomic E-state index is -3.86. The van der Waals surface area contributed by atoms with Crippen LogP contribution in [0, 0.1) is 13.8 Å². The van der Waals surface area contributed by atoms with Crippen LogP contribution in [0.3, 0.4) is 0 Å². The molecule has 0 radical (unpaired) electrons. The van der Waals surface area contributed by atoms with Gasteiger partial charge >= 0.3 is 0 Å². The first kappa shape index (κ1) is 17.9. The van der Waals surface area contributed by atoms with E-state index in [0.717, 1.165) is 11.1 Å². The Kier molecular flexibility index (Phi) is 4.64. The molecule has 0 unspecified atom stereocenters. The molecule has 25 heavy (non-hydrogen) atoms. The lowest BCUT2D eigenvalue weighted by Crippen LogP contribution is -2.41. The highest BCUT2D eigenvalue weighted by Crippen LogP contribution is 2.31. The fraction of sp³-hybridized carbons (Fsp3) is 0.333. The van der Waals surface area contributed by atoms with Crippen molar-refractivity contribution in [3.8, 4) is 0 Å². The van der Waals surface area contributed by atoms with Gasteiger partial charge in [-0.2, -0.15) is 0 Å². The normalized spacial score (nSPS) is 19.7. The zero-order chi connectivity index (χ0) is 18.2. The second-order valence-electron chi connectivity index (χ2n) is 6.44. The van der Waals surface area contributed by atoms with Gasteiger partial charge < -0.3 is 0 Å². The summed E-state index contributed by atoms with van der Waals surface area (Å²) >= 11 is 0. The van der Waals surface area contributed by atoms with Crippen molar-refractivity contribution >= 4 is 25.5 Å². The van der Waals surface area contributed by atoms with Crippen LogP contribution >= 0.6 is 0 Å². The molecule has 0 amide bonds. The van der Waals surface area contributed by atoms with Gasteiger partial charge in [0.05, 0.1) is 28.1 Å². The van der Waals surface area contributed by atoms with Crippen molar-refractivity contribution < 1.29 is 16.8 Å².